The van der Waals surface area contributed by atoms with Crippen molar-refractivity contribution in [1.82, 2.24) is 4.90 Å². The monoisotopic (exact) mass is 183 g/mol. The molecule has 0 saturated carbocycles. The Morgan fingerprint density at radius 3 is 2.31 bits per heavy atom. The molecule has 0 aromatic carbocycles. The molecule has 0 aromatic rings. The number of nitrogens with zero attached hydrogens (tertiary/aromatic N) is 1. The molecule has 0 bridgehead atoms. The lowest BCUT2D eigenvalue weighted by Gasteiger charge is -2.34. The van der Waals surface area contributed by atoms with E-state index in [2.05, 4.69) is 25.7 Å². The van der Waals surface area contributed by atoms with Crippen LogP contribution in [-0.2, 0) is 0 Å². The van der Waals surface area contributed by atoms with Gasteiger partial charge in [0.2, 0.25) is 0 Å². The van der Waals surface area contributed by atoms with Gasteiger partial charge in [0, 0.05) is 6.54 Å². The Morgan fingerprint density at radius 1 is 1.15 bits per heavy atom. The lowest BCUT2D eigenvalue weighted by atomic mass is 9.90. The molecule has 2 unspecified atom stereocenters. The van der Waals surface area contributed by atoms with E-state index in [0.717, 1.165) is 11.8 Å². The summed E-state index contributed by atoms with van der Waals surface area (Å²) in [5.74, 6) is 1.81. The zero-order valence-corrected chi connectivity index (χ0v) is 9.55. The summed E-state index contributed by atoms with van der Waals surface area (Å²) in [5.41, 5.74) is 0. The summed E-state index contributed by atoms with van der Waals surface area (Å²) in [6.45, 7) is 11.2. The largest absolute Gasteiger partial charge is 0.303 e. The van der Waals surface area contributed by atoms with E-state index in [1.54, 1.807) is 0 Å². The highest BCUT2D eigenvalue weighted by Gasteiger charge is 2.19. The maximum absolute atomic E-state index is 2.59. The predicted octanol–water partition coefficient (Wildman–Crippen LogP) is 3.15. The zero-order chi connectivity index (χ0) is 9.68. The molecule has 0 spiro atoms. The maximum atomic E-state index is 2.59. The van der Waals surface area contributed by atoms with Crippen LogP contribution in [0.1, 0.15) is 46.5 Å². The van der Waals surface area contributed by atoms with Gasteiger partial charge in [-0.05, 0) is 31.3 Å². The Labute approximate surface area is 83.5 Å². The standard InChI is InChI=1S/C12H25N/c1-4-5-7-11(2)12(3)10-13-8-6-9-13/h11-12H,4-10H2,1-3H3. The van der Waals surface area contributed by atoms with Crippen LogP contribution in [0.2, 0.25) is 0 Å². The van der Waals surface area contributed by atoms with E-state index in [1.165, 1.54) is 45.3 Å². The number of unbranched alkanes of at least 4 members (excludes halogenated alkanes) is 1. The summed E-state index contributed by atoms with van der Waals surface area (Å²) < 4.78 is 0. The van der Waals surface area contributed by atoms with Crippen LogP contribution < -0.4 is 0 Å². The summed E-state index contributed by atoms with van der Waals surface area (Å²) in [4.78, 5) is 2.59. The molecule has 0 aromatic heterocycles. The third kappa shape index (κ3) is 3.68. The number of rotatable bonds is 6. The second-order valence-electron chi connectivity index (χ2n) is 4.75. The Balaban J connectivity index is 2.09. The summed E-state index contributed by atoms with van der Waals surface area (Å²) in [5, 5.41) is 0. The molecule has 1 rings (SSSR count). The fraction of sp³-hybridized carbons (Fsp3) is 1.00. The molecule has 1 heteroatoms. The van der Waals surface area contributed by atoms with Gasteiger partial charge in [-0.2, -0.15) is 0 Å². The van der Waals surface area contributed by atoms with Crippen LogP contribution in [0.15, 0.2) is 0 Å². The van der Waals surface area contributed by atoms with Gasteiger partial charge in [0.15, 0.2) is 0 Å². The maximum Gasteiger partial charge on any atom is 0.000958 e. The topological polar surface area (TPSA) is 3.24 Å². The van der Waals surface area contributed by atoms with E-state index in [4.69, 9.17) is 0 Å². The van der Waals surface area contributed by atoms with Gasteiger partial charge in [-0.1, -0.05) is 40.0 Å². The minimum atomic E-state index is 0.895. The van der Waals surface area contributed by atoms with Gasteiger partial charge in [0.25, 0.3) is 0 Å². The fourth-order valence-corrected chi connectivity index (χ4v) is 1.96. The van der Waals surface area contributed by atoms with E-state index in [9.17, 15) is 0 Å². The molecule has 1 nitrogen and oxygen atoms in total. The smallest absolute Gasteiger partial charge is 0.000958 e. The molecule has 78 valence electrons. The second-order valence-corrected chi connectivity index (χ2v) is 4.75. The van der Waals surface area contributed by atoms with Gasteiger partial charge < -0.3 is 4.90 Å². The molecule has 2 atom stereocenters. The molecule has 1 saturated heterocycles. The molecule has 0 amide bonds. The first-order chi connectivity index (χ1) is 6.24. The van der Waals surface area contributed by atoms with Crippen molar-refractivity contribution in [1.29, 1.82) is 0 Å². The minimum absolute atomic E-state index is 0.895. The van der Waals surface area contributed by atoms with Crippen molar-refractivity contribution in [2.24, 2.45) is 11.8 Å². The summed E-state index contributed by atoms with van der Waals surface area (Å²) in [6, 6.07) is 0. The Hall–Kier alpha value is -0.0400. The van der Waals surface area contributed by atoms with Crippen LogP contribution in [-0.4, -0.2) is 24.5 Å². The zero-order valence-electron chi connectivity index (χ0n) is 9.55. The van der Waals surface area contributed by atoms with Gasteiger partial charge in [0.1, 0.15) is 0 Å². The first-order valence-electron chi connectivity index (χ1n) is 5.96. The highest BCUT2D eigenvalue weighted by atomic mass is 15.2. The minimum Gasteiger partial charge on any atom is -0.303 e. The van der Waals surface area contributed by atoms with Crippen LogP contribution in [0.4, 0.5) is 0 Å². The Kier molecular flexibility index (Phi) is 4.79. The van der Waals surface area contributed by atoms with Crippen molar-refractivity contribution in [2.45, 2.75) is 46.5 Å². The summed E-state index contributed by atoms with van der Waals surface area (Å²) >= 11 is 0. The molecule has 0 aliphatic carbocycles. The number of hydrogen-bond acceptors (Lipinski definition) is 1. The third-order valence-electron chi connectivity index (χ3n) is 3.48. The quantitative estimate of drug-likeness (QED) is 0.611. The predicted molar refractivity (Wildman–Crippen MR) is 58.9 cm³/mol. The fourth-order valence-electron chi connectivity index (χ4n) is 1.96. The van der Waals surface area contributed by atoms with Crippen molar-refractivity contribution < 1.29 is 0 Å². The van der Waals surface area contributed by atoms with Gasteiger partial charge >= 0.3 is 0 Å². The molecule has 1 aliphatic rings. The van der Waals surface area contributed by atoms with Crippen LogP contribution in [0.25, 0.3) is 0 Å². The highest BCUT2D eigenvalue weighted by molar-refractivity contribution is 4.73. The van der Waals surface area contributed by atoms with Gasteiger partial charge in [-0.3, -0.25) is 0 Å². The van der Waals surface area contributed by atoms with E-state index in [1.807, 2.05) is 0 Å². The number of hydrogen-bond donors (Lipinski definition) is 0. The van der Waals surface area contributed by atoms with Gasteiger partial charge in [0.05, 0.1) is 0 Å². The first kappa shape index (κ1) is 11.0. The second kappa shape index (κ2) is 5.64. The summed E-state index contributed by atoms with van der Waals surface area (Å²) in [6.07, 6.45) is 5.61. The molecular formula is C12H25N. The molecule has 1 heterocycles. The van der Waals surface area contributed by atoms with Crippen LogP contribution >= 0.6 is 0 Å². The van der Waals surface area contributed by atoms with Gasteiger partial charge in [-0.25, -0.2) is 0 Å². The normalized spacial score (nSPS) is 22.4. The van der Waals surface area contributed by atoms with Crippen molar-refractivity contribution in [2.75, 3.05) is 19.6 Å². The van der Waals surface area contributed by atoms with Crippen molar-refractivity contribution >= 4 is 0 Å². The molecular weight excluding hydrogens is 158 g/mol. The van der Waals surface area contributed by atoms with E-state index >= 15 is 0 Å². The molecule has 0 radical (unpaired) electrons. The van der Waals surface area contributed by atoms with Crippen molar-refractivity contribution in [3.8, 4) is 0 Å². The first-order valence-corrected chi connectivity index (χ1v) is 5.96. The molecule has 1 aliphatic heterocycles. The SMILES string of the molecule is CCCCC(C)C(C)CN1CCC1. The van der Waals surface area contributed by atoms with Gasteiger partial charge in [-0.15, -0.1) is 0 Å². The van der Waals surface area contributed by atoms with Crippen LogP contribution in [0, 0.1) is 11.8 Å². The average Bonchev–Trinajstić information content (AvgIpc) is 2.06. The Morgan fingerprint density at radius 2 is 1.85 bits per heavy atom. The van der Waals surface area contributed by atoms with Crippen LogP contribution in [0.5, 0.6) is 0 Å². The van der Waals surface area contributed by atoms with Crippen molar-refractivity contribution in [3.05, 3.63) is 0 Å². The number of likely N-dealkylation sites (tertiary alicyclic amines) is 1. The molecule has 13 heavy (non-hydrogen) atoms. The van der Waals surface area contributed by atoms with E-state index in [-0.39, 0.29) is 0 Å². The van der Waals surface area contributed by atoms with E-state index in [0.29, 0.717) is 0 Å². The van der Waals surface area contributed by atoms with E-state index < -0.39 is 0 Å². The Bertz CT molecular complexity index is 129. The summed E-state index contributed by atoms with van der Waals surface area (Å²) in [7, 11) is 0. The lowest BCUT2D eigenvalue weighted by Crippen LogP contribution is -2.41. The van der Waals surface area contributed by atoms with Crippen LogP contribution in [0.3, 0.4) is 0 Å². The molecule has 1 fully saturated rings. The molecule has 0 N–H and O–H groups in total. The lowest BCUT2D eigenvalue weighted by molar-refractivity contribution is 0.135. The van der Waals surface area contributed by atoms with Crippen molar-refractivity contribution in [3.63, 3.8) is 0 Å². The average molecular weight is 183 g/mol. The third-order valence-corrected chi connectivity index (χ3v) is 3.48. The highest BCUT2D eigenvalue weighted by Crippen LogP contribution is 2.20.